The molecule has 12 nitrogen and oxygen atoms in total. The first-order valence-corrected chi connectivity index (χ1v) is 9.89. The van der Waals surface area contributed by atoms with E-state index in [0.29, 0.717) is 0 Å². The molecule has 1 fully saturated rings. The zero-order valence-corrected chi connectivity index (χ0v) is 16.9. The third-order valence-corrected chi connectivity index (χ3v) is 5.53. The Morgan fingerprint density at radius 1 is 0.939 bits per heavy atom. The van der Waals surface area contributed by atoms with Crippen LogP contribution < -0.4 is 9.47 Å². The Bertz CT molecular complexity index is 1070. The molecular weight excluding hydrogens is 444 g/mol. The zero-order valence-electron chi connectivity index (χ0n) is 16.9. The van der Waals surface area contributed by atoms with Crippen LogP contribution in [-0.2, 0) is 4.74 Å². The van der Waals surface area contributed by atoms with Gasteiger partial charge in [-0.15, -0.1) is 0 Å². The second-order valence-corrected chi connectivity index (χ2v) is 7.77. The van der Waals surface area contributed by atoms with E-state index in [1.165, 1.54) is 6.07 Å². The maximum atomic E-state index is 12.5. The van der Waals surface area contributed by atoms with Gasteiger partial charge in [0.15, 0.2) is 17.3 Å². The number of ether oxygens (including phenoxy) is 3. The standard InChI is InChI=1S/C21H22O12/c22-6-15-18(28)19(29)20(30)21(33-15)32-14-2-7(1-11(26)17(14)27)12-5-10(25)16-9(24)3-8(23)4-13(16)31-12/h1-4,12,15,18-24,26-30H,5-6H2/t12-,15-,18-,19+,20-,21+/m1/s1. The molecule has 2 aliphatic rings. The Morgan fingerprint density at radius 2 is 1.67 bits per heavy atom. The van der Waals surface area contributed by atoms with Gasteiger partial charge in [0.2, 0.25) is 12.0 Å². The smallest absolute Gasteiger partial charge is 0.229 e. The van der Waals surface area contributed by atoms with Gasteiger partial charge in [-0.25, -0.2) is 0 Å². The SMILES string of the molecule is O=C1C[C@H](c2cc(O)c(O)c(O[C@H]3O[C@H](CO)[C@@H](O)[C@H](O)[C@H]3O)c2)Oc2cc(O)cc(O)c21. The molecule has 2 heterocycles. The average Bonchev–Trinajstić information content (AvgIpc) is 2.76. The topological polar surface area (TPSA) is 207 Å². The first-order chi connectivity index (χ1) is 15.6. The number of carbonyl (C=O) groups excluding carboxylic acids is 1. The van der Waals surface area contributed by atoms with E-state index in [4.69, 9.17) is 14.2 Å². The van der Waals surface area contributed by atoms with Crippen LogP contribution >= 0.6 is 0 Å². The van der Waals surface area contributed by atoms with Crippen molar-refractivity contribution in [3.63, 3.8) is 0 Å². The van der Waals surface area contributed by atoms with E-state index >= 15 is 0 Å². The van der Waals surface area contributed by atoms with E-state index in [1.54, 1.807) is 0 Å². The molecule has 12 heteroatoms. The van der Waals surface area contributed by atoms with Crippen LogP contribution in [-0.4, -0.2) is 83.9 Å². The summed E-state index contributed by atoms with van der Waals surface area (Å²) in [5, 5.41) is 79.2. The number of aliphatic hydroxyl groups is 4. The minimum atomic E-state index is -1.77. The summed E-state index contributed by atoms with van der Waals surface area (Å²) in [4.78, 5) is 12.5. The number of phenols is 4. The van der Waals surface area contributed by atoms with Crippen molar-refractivity contribution in [2.24, 2.45) is 0 Å². The number of fused-ring (bicyclic) bond motifs is 1. The molecule has 2 aromatic rings. The fourth-order valence-electron chi connectivity index (χ4n) is 3.79. The van der Waals surface area contributed by atoms with Crippen LogP contribution in [0.5, 0.6) is 34.5 Å². The molecular formula is C21H22O12. The number of benzene rings is 2. The Hall–Kier alpha value is -3.29. The van der Waals surface area contributed by atoms with Crippen molar-refractivity contribution >= 4 is 5.78 Å². The van der Waals surface area contributed by atoms with Gasteiger partial charge >= 0.3 is 0 Å². The normalized spacial score (nSPS) is 29.3. The van der Waals surface area contributed by atoms with Crippen LogP contribution in [0.4, 0.5) is 0 Å². The predicted octanol–water partition coefficient (Wildman–Crippen LogP) is -0.606. The van der Waals surface area contributed by atoms with Gasteiger partial charge in [-0.3, -0.25) is 4.79 Å². The molecule has 0 amide bonds. The summed E-state index contributed by atoms with van der Waals surface area (Å²) in [5.41, 5.74) is 0.0524. The predicted molar refractivity (Wildman–Crippen MR) is 106 cm³/mol. The van der Waals surface area contributed by atoms with Crippen molar-refractivity contribution in [1.82, 2.24) is 0 Å². The highest BCUT2D eigenvalue weighted by Crippen LogP contribution is 2.45. The lowest BCUT2D eigenvalue weighted by Gasteiger charge is -2.39. The van der Waals surface area contributed by atoms with Crippen molar-refractivity contribution in [2.75, 3.05) is 6.61 Å². The van der Waals surface area contributed by atoms with Crippen LogP contribution in [0.25, 0.3) is 0 Å². The average molecular weight is 466 g/mol. The maximum absolute atomic E-state index is 12.5. The van der Waals surface area contributed by atoms with E-state index in [2.05, 4.69) is 0 Å². The summed E-state index contributed by atoms with van der Waals surface area (Å²) < 4.78 is 16.4. The first kappa shape index (κ1) is 22.9. The van der Waals surface area contributed by atoms with Crippen molar-refractivity contribution in [3.8, 4) is 34.5 Å². The highest BCUT2D eigenvalue weighted by Gasteiger charge is 2.45. The largest absolute Gasteiger partial charge is 0.508 e. The number of ketones is 1. The van der Waals surface area contributed by atoms with Gasteiger partial charge in [-0.2, -0.15) is 0 Å². The maximum Gasteiger partial charge on any atom is 0.229 e. The summed E-state index contributed by atoms with van der Waals surface area (Å²) in [6, 6.07) is 4.45. The number of rotatable bonds is 4. The summed E-state index contributed by atoms with van der Waals surface area (Å²) in [6.07, 6.45) is -9.26. The van der Waals surface area contributed by atoms with Crippen molar-refractivity contribution in [2.45, 2.75) is 43.2 Å². The van der Waals surface area contributed by atoms with Gasteiger partial charge in [0, 0.05) is 17.7 Å². The Labute approximate surface area is 186 Å². The van der Waals surface area contributed by atoms with Crippen LogP contribution in [0.3, 0.4) is 0 Å². The second-order valence-electron chi connectivity index (χ2n) is 7.77. The molecule has 0 radical (unpaired) electrons. The molecule has 0 spiro atoms. The van der Waals surface area contributed by atoms with Crippen molar-refractivity contribution in [3.05, 3.63) is 35.4 Å². The molecule has 2 aliphatic heterocycles. The van der Waals surface area contributed by atoms with E-state index < -0.39 is 72.2 Å². The number of aliphatic hydroxyl groups excluding tert-OH is 4. The van der Waals surface area contributed by atoms with Crippen LogP contribution in [0.2, 0.25) is 0 Å². The lowest BCUT2D eigenvalue weighted by molar-refractivity contribution is -0.277. The van der Waals surface area contributed by atoms with Gasteiger partial charge in [-0.1, -0.05) is 0 Å². The number of aromatic hydroxyl groups is 4. The molecule has 0 aliphatic carbocycles. The van der Waals surface area contributed by atoms with Gasteiger partial charge in [-0.05, 0) is 12.1 Å². The fraction of sp³-hybridized carbons (Fsp3) is 0.381. The minimum Gasteiger partial charge on any atom is -0.508 e. The second kappa shape index (κ2) is 8.57. The van der Waals surface area contributed by atoms with E-state index in [-0.39, 0.29) is 29.0 Å². The fourth-order valence-corrected chi connectivity index (χ4v) is 3.79. The Kier molecular flexibility index (Phi) is 5.95. The van der Waals surface area contributed by atoms with Gasteiger partial charge < -0.3 is 55.1 Å². The molecule has 0 saturated carbocycles. The molecule has 1 saturated heterocycles. The van der Waals surface area contributed by atoms with Crippen molar-refractivity contribution in [1.29, 1.82) is 0 Å². The van der Waals surface area contributed by atoms with E-state index in [9.17, 15) is 45.6 Å². The number of carbonyl (C=O) groups is 1. The van der Waals surface area contributed by atoms with Crippen LogP contribution in [0.15, 0.2) is 24.3 Å². The molecule has 2 aromatic carbocycles. The summed E-state index contributed by atoms with van der Waals surface area (Å²) in [6.45, 7) is -0.695. The van der Waals surface area contributed by atoms with Crippen molar-refractivity contribution < 1.29 is 59.9 Å². The summed E-state index contributed by atoms with van der Waals surface area (Å²) in [7, 11) is 0. The molecule has 0 bridgehead atoms. The summed E-state index contributed by atoms with van der Waals surface area (Å²) in [5.74, 6) is -3.18. The third kappa shape index (κ3) is 4.10. The third-order valence-electron chi connectivity index (χ3n) is 5.53. The Balaban J connectivity index is 1.64. The van der Waals surface area contributed by atoms with E-state index in [1.807, 2.05) is 0 Å². The quantitative estimate of drug-likeness (QED) is 0.266. The summed E-state index contributed by atoms with van der Waals surface area (Å²) >= 11 is 0. The minimum absolute atomic E-state index is 0.0854. The molecule has 178 valence electrons. The zero-order chi connectivity index (χ0) is 24.0. The first-order valence-electron chi connectivity index (χ1n) is 9.89. The number of hydrogen-bond donors (Lipinski definition) is 8. The monoisotopic (exact) mass is 466 g/mol. The lowest BCUT2D eigenvalue weighted by atomic mass is 9.95. The molecule has 33 heavy (non-hydrogen) atoms. The highest BCUT2D eigenvalue weighted by molar-refractivity contribution is 6.02. The number of phenolic OH excluding ortho intramolecular Hbond substituents is 4. The van der Waals surface area contributed by atoms with Gasteiger partial charge in [0.1, 0.15) is 53.3 Å². The van der Waals surface area contributed by atoms with Gasteiger partial charge in [0.05, 0.1) is 13.0 Å². The van der Waals surface area contributed by atoms with Gasteiger partial charge in [0.25, 0.3) is 0 Å². The molecule has 4 rings (SSSR count). The Morgan fingerprint density at radius 3 is 2.36 bits per heavy atom. The molecule has 6 atom stereocenters. The number of hydrogen-bond acceptors (Lipinski definition) is 12. The van der Waals surface area contributed by atoms with E-state index in [0.717, 1.165) is 18.2 Å². The van der Waals surface area contributed by atoms with Crippen LogP contribution in [0, 0.1) is 0 Å². The molecule has 0 unspecified atom stereocenters. The highest BCUT2D eigenvalue weighted by atomic mass is 16.7. The molecule has 8 N–H and O–H groups in total. The number of Topliss-reactive ketones (excluding diaryl/α,β-unsaturated/α-hetero) is 1. The lowest BCUT2D eigenvalue weighted by Crippen LogP contribution is -2.60. The van der Waals surface area contributed by atoms with Crippen LogP contribution in [0.1, 0.15) is 28.4 Å². The molecule has 0 aromatic heterocycles.